The lowest BCUT2D eigenvalue weighted by Crippen LogP contribution is -2.18. The number of hydrogen-bond acceptors (Lipinski definition) is 3. The van der Waals surface area contributed by atoms with Gasteiger partial charge in [-0.15, -0.1) is 0 Å². The van der Waals surface area contributed by atoms with Gasteiger partial charge in [0.2, 0.25) is 0 Å². The molecule has 0 aliphatic carbocycles. The summed E-state index contributed by atoms with van der Waals surface area (Å²) >= 11 is 0. The molecule has 0 unspecified atom stereocenters. The van der Waals surface area contributed by atoms with Crippen molar-refractivity contribution in [2.75, 3.05) is 26.9 Å². The van der Waals surface area contributed by atoms with Crippen molar-refractivity contribution in [1.29, 1.82) is 0 Å². The zero-order valence-electron chi connectivity index (χ0n) is 11.5. The molecule has 0 aromatic heterocycles. The fourth-order valence-corrected chi connectivity index (χ4v) is 1.57. The summed E-state index contributed by atoms with van der Waals surface area (Å²) < 4.78 is 46.0. The van der Waals surface area contributed by atoms with Crippen LogP contribution < -0.4 is 10.1 Å². The van der Waals surface area contributed by atoms with Gasteiger partial charge < -0.3 is 14.8 Å². The predicted molar refractivity (Wildman–Crippen MR) is 70.8 cm³/mol. The maximum absolute atomic E-state index is 11.9. The topological polar surface area (TPSA) is 30.5 Å². The van der Waals surface area contributed by atoms with E-state index in [1.807, 2.05) is 12.1 Å². The number of rotatable bonds is 9. The Balaban J connectivity index is 2.21. The van der Waals surface area contributed by atoms with Gasteiger partial charge in [-0.1, -0.05) is 12.1 Å². The number of ether oxygens (including phenoxy) is 2. The second-order valence-corrected chi connectivity index (χ2v) is 4.38. The maximum atomic E-state index is 11.9. The molecule has 1 aromatic rings. The lowest BCUT2D eigenvalue weighted by Gasteiger charge is -2.09. The number of alkyl halides is 3. The lowest BCUT2D eigenvalue weighted by atomic mass is 10.2. The van der Waals surface area contributed by atoms with E-state index in [9.17, 15) is 13.2 Å². The molecule has 1 aromatic carbocycles. The highest BCUT2D eigenvalue weighted by molar-refractivity contribution is 5.27. The van der Waals surface area contributed by atoms with Crippen LogP contribution in [-0.4, -0.2) is 33.0 Å². The van der Waals surface area contributed by atoms with Gasteiger partial charge >= 0.3 is 6.18 Å². The Kier molecular flexibility index (Phi) is 7.40. The summed E-state index contributed by atoms with van der Waals surface area (Å²) in [6.07, 6.45) is -4.95. The molecule has 6 heteroatoms. The quantitative estimate of drug-likeness (QED) is 0.709. The van der Waals surface area contributed by atoms with Crippen LogP contribution in [-0.2, 0) is 11.3 Å². The van der Waals surface area contributed by atoms with Crippen LogP contribution in [0, 0.1) is 0 Å². The summed E-state index contributed by atoms with van der Waals surface area (Å²) in [6.45, 7) is 2.22. The standard InChI is InChI=1S/C14H20F3NO2/c1-19-10-8-18-11-12-3-5-13(6-4-12)20-9-2-7-14(15,16)17/h3-6,18H,2,7-11H2,1H3. The Morgan fingerprint density at radius 1 is 1.10 bits per heavy atom. The monoisotopic (exact) mass is 291 g/mol. The molecule has 1 rings (SSSR count). The minimum absolute atomic E-state index is 0.0240. The van der Waals surface area contributed by atoms with E-state index in [-0.39, 0.29) is 13.0 Å². The highest BCUT2D eigenvalue weighted by Crippen LogP contribution is 2.21. The molecule has 0 aliphatic heterocycles. The highest BCUT2D eigenvalue weighted by atomic mass is 19.4. The third kappa shape index (κ3) is 8.01. The molecule has 20 heavy (non-hydrogen) atoms. The molecule has 0 saturated heterocycles. The first-order valence-corrected chi connectivity index (χ1v) is 6.49. The molecule has 114 valence electrons. The fourth-order valence-electron chi connectivity index (χ4n) is 1.57. The maximum Gasteiger partial charge on any atom is 0.389 e. The Morgan fingerprint density at radius 2 is 1.80 bits per heavy atom. The van der Waals surface area contributed by atoms with Crippen LogP contribution in [0.4, 0.5) is 13.2 Å². The Labute approximate surface area is 117 Å². The van der Waals surface area contributed by atoms with Crippen molar-refractivity contribution in [3.63, 3.8) is 0 Å². The van der Waals surface area contributed by atoms with Crippen molar-refractivity contribution in [3.05, 3.63) is 29.8 Å². The van der Waals surface area contributed by atoms with Crippen LogP contribution >= 0.6 is 0 Å². The second-order valence-electron chi connectivity index (χ2n) is 4.38. The smallest absolute Gasteiger partial charge is 0.389 e. The number of hydrogen-bond donors (Lipinski definition) is 1. The molecule has 0 atom stereocenters. The molecule has 1 N–H and O–H groups in total. The molecule has 0 fully saturated rings. The summed E-state index contributed by atoms with van der Waals surface area (Å²) in [5.41, 5.74) is 1.09. The minimum atomic E-state index is -4.11. The van der Waals surface area contributed by atoms with Gasteiger partial charge in [-0.3, -0.25) is 0 Å². The zero-order valence-corrected chi connectivity index (χ0v) is 11.5. The average molecular weight is 291 g/mol. The third-order valence-corrected chi connectivity index (χ3v) is 2.61. The summed E-state index contributed by atoms with van der Waals surface area (Å²) in [6, 6.07) is 7.31. The van der Waals surface area contributed by atoms with E-state index in [0.29, 0.717) is 12.4 Å². The van der Waals surface area contributed by atoms with E-state index in [2.05, 4.69) is 5.32 Å². The van der Waals surface area contributed by atoms with E-state index in [4.69, 9.17) is 9.47 Å². The van der Waals surface area contributed by atoms with Crippen molar-refractivity contribution in [3.8, 4) is 5.75 Å². The van der Waals surface area contributed by atoms with Crippen LogP contribution in [0.5, 0.6) is 5.75 Å². The second kappa shape index (κ2) is 8.81. The van der Waals surface area contributed by atoms with Crippen molar-refractivity contribution in [2.45, 2.75) is 25.6 Å². The first-order valence-electron chi connectivity index (χ1n) is 6.49. The fraction of sp³-hybridized carbons (Fsp3) is 0.571. The van der Waals surface area contributed by atoms with Crippen molar-refractivity contribution in [1.82, 2.24) is 5.32 Å². The molecule has 3 nitrogen and oxygen atoms in total. The van der Waals surface area contributed by atoms with Crippen LogP contribution in [0.25, 0.3) is 0 Å². The summed E-state index contributed by atoms with van der Waals surface area (Å²) in [5.74, 6) is 0.591. The molecule has 0 bridgehead atoms. The van der Waals surface area contributed by atoms with Gasteiger partial charge in [-0.05, 0) is 24.1 Å². The van der Waals surface area contributed by atoms with Crippen molar-refractivity contribution in [2.24, 2.45) is 0 Å². The van der Waals surface area contributed by atoms with Crippen LogP contribution in [0.1, 0.15) is 18.4 Å². The summed E-state index contributed by atoms with van der Waals surface area (Å²) in [5, 5.41) is 3.20. The first kappa shape index (κ1) is 16.8. The van der Waals surface area contributed by atoms with E-state index in [0.717, 1.165) is 18.7 Å². The molecular weight excluding hydrogens is 271 g/mol. The Bertz CT molecular complexity index is 366. The summed E-state index contributed by atoms with van der Waals surface area (Å²) in [7, 11) is 1.65. The highest BCUT2D eigenvalue weighted by Gasteiger charge is 2.26. The normalized spacial score (nSPS) is 11.6. The number of halogens is 3. The SMILES string of the molecule is COCCNCc1ccc(OCCCC(F)(F)F)cc1. The van der Waals surface area contributed by atoms with Gasteiger partial charge in [0.05, 0.1) is 13.2 Å². The minimum Gasteiger partial charge on any atom is -0.494 e. The molecule has 0 amide bonds. The van der Waals surface area contributed by atoms with Crippen LogP contribution in [0.15, 0.2) is 24.3 Å². The molecule has 0 spiro atoms. The van der Waals surface area contributed by atoms with Gasteiger partial charge in [-0.25, -0.2) is 0 Å². The van der Waals surface area contributed by atoms with E-state index in [1.54, 1.807) is 19.2 Å². The lowest BCUT2D eigenvalue weighted by molar-refractivity contribution is -0.136. The number of methoxy groups -OCH3 is 1. The van der Waals surface area contributed by atoms with Gasteiger partial charge in [0.25, 0.3) is 0 Å². The van der Waals surface area contributed by atoms with Gasteiger partial charge in [0.15, 0.2) is 0 Å². The molecule has 0 radical (unpaired) electrons. The molecule has 0 heterocycles. The average Bonchev–Trinajstić information content (AvgIpc) is 2.40. The first-order chi connectivity index (χ1) is 9.51. The van der Waals surface area contributed by atoms with Crippen molar-refractivity contribution < 1.29 is 22.6 Å². The summed E-state index contributed by atoms with van der Waals surface area (Å²) in [4.78, 5) is 0. The van der Waals surface area contributed by atoms with Gasteiger partial charge in [-0.2, -0.15) is 13.2 Å². The van der Waals surface area contributed by atoms with E-state index in [1.165, 1.54) is 0 Å². The largest absolute Gasteiger partial charge is 0.494 e. The van der Waals surface area contributed by atoms with Gasteiger partial charge in [0, 0.05) is 26.6 Å². The third-order valence-electron chi connectivity index (χ3n) is 2.61. The van der Waals surface area contributed by atoms with Crippen LogP contribution in [0.3, 0.4) is 0 Å². The van der Waals surface area contributed by atoms with E-state index >= 15 is 0 Å². The van der Waals surface area contributed by atoms with E-state index < -0.39 is 12.6 Å². The number of nitrogens with one attached hydrogen (secondary N) is 1. The molecule has 0 saturated carbocycles. The van der Waals surface area contributed by atoms with Crippen molar-refractivity contribution >= 4 is 0 Å². The molecular formula is C14H20F3NO2. The number of benzene rings is 1. The Hall–Kier alpha value is -1.27. The van der Waals surface area contributed by atoms with Gasteiger partial charge in [0.1, 0.15) is 5.75 Å². The predicted octanol–water partition coefficient (Wildman–Crippen LogP) is 3.14. The molecule has 0 aliphatic rings. The zero-order chi connectivity index (χ0) is 14.8. The van der Waals surface area contributed by atoms with Crippen LogP contribution in [0.2, 0.25) is 0 Å². The Morgan fingerprint density at radius 3 is 2.40 bits per heavy atom.